The lowest BCUT2D eigenvalue weighted by molar-refractivity contribution is 0.304. The van der Waals surface area contributed by atoms with Crippen LogP contribution >= 0.6 is 57.9 Å². The molecule has 2 aliphatic heterocycles. The van der Waals surface area contributed by atoms with Crippen LogP contribution in [-0.4, -0.2) is 112 Å². The summed E-state index contributed by atoms with van der Waals surface area (Å²) < 4.78 is 205. The molecule has 0 radical (unpaired) electrons. The van der Waals surface area contributed by atoms with E-state index in [1.54, 1.807) is 72.8 Å². The zero-order chi connectivity index (χ0) is 95.0. The van der Waals surface area contributed by atoms with Crippen LogP contribution in [0.25, 0.3) is 44.3 Å². The number of anilines is 4. The lowest BCUT2D eigenvalue weighted by Crippen LogP contribution is -2.27. The van der Waals surface area contributed by atoms with Crippen molar-refractivity contribution in [3.8, 4) is 34.1 Å². The molecule has 10 aromatic rings. The quantitative estimate of drug-likeness (QED) is 0.0138. The van der Waals surface area contributed by atoms with Gasteiger partial charge in [-0.2, -0.15) is 4.21 Å². The largest absolute Gasteiger partial charge is 0.748 e. The third-order valence-corrected chi connectivity index (χ3v) is 31.0. The Morgan fingerprint density at radius 2 is 1.13 bits per heavy atom. The van der Waals surface area contributed by atoms with Crippen LogP contribution in [-0.2, 0) is 81.0 Å². The molecule has 0 amide bonds. The van der Waals surface area contributed by atoms with Crippen LogP contribution in [0.3, 0.4) is 0 Å². The number of rotatable bonds is 51. The molecule has 716 valence electrons. The van der Waals surface area contributed by atoms with Gasteiger partial charge < -0.3 is 51.2 Å². The smallest absolute Gasteiger partial charge is 0.316 e. The second kappa shape index (κ2) is 51.7. The van der Waals surface area contributed by atoms with E-state index < -0.39 is 84.3 Å². The summed E-state index contributed by atoms with van der Waals surface area (Å²) in [6.45, 7) is 9.02. The molecule has 2 aromatic heterocycles. The lowest BCUT2D eigenvalue weighted by Gasteiger charge is -2.22. The zero-order valence-corrected chi connectivity index (χ0v) is 83.3. The summed E-state index contributed by atoms with van der Waals surface area (Å²) in [5.74, 6) is 0.953. The zero-order valence-electron chi connectivity index (χ0n) is 74.5. The topological polar surface area (TPSA) is 372 Å². The number of ether oxygens (including phenoxy) is 2. The first-order valence-electron chi connectivity index (χ1n) is 44.8. The normalized spacial score (nSPS) is 14.1. The number of sulfonamides is 1. The molecule has 35 heteroatoms. The van der Waals surface area contributed by atoms with Crippen molar-refractivity contribution in [2.75, 3.05) is 56.2 Å². The molecule has 2 unspecified atom stereocenters. The number of thiophene rings is 1. The van der Waals surface area contributed by atoms with Gasteiger partial charge in [0.1, 0.15) is 28.6 Å². The van der Waals surface area contributed by atoms with Gasteiger partial charge in [0.15, 0.2) is 5.75 Å². The highest BCUT2D eigenvalue weighted by Crippen LogP contribution is 2.50. The second-order valence-corrected chi connectivity index (χ2v) is 45.0. The van der Waals surface area contributed by atoms with Gasteiger partial charge in [-0.1, -0.05) is 231 Å². The van der Waals surface area contributed by atoms with Crippen molar-refractivity contribution in [2.45, 2.75) is 223 Å². The third-order valence-electron chi connectivity index (χ3n) is 22.3. The number of phenols is 1. The van der Waals surface area contributed by atoms with Crippen molar-refractivity contribution in [1.82, 2.24) is 0 Å². The molecule has 2 aliphatic rings. The van der Waals surface area contributed by atoms with Gasteiger partial charge in [0.2, 0.25) is 5.88 Å². The Bertz CT molecular complexity index is 6200. The fourth-order valence-electron chi connectivity index (χ4n) is 15.2. The SMILES string of the molecule is CCC(/C=C1\Oc2ccc(-c3ccccc3)cc2N1CCC(C)S(=O)(=O)[O-])=C\c1oc2ccc(Cl)cc2c1CCCS(=O)(=O)[O-].CCCCCCCCCCCCOc1ccc(OS(=O)Nc2ccc(O)c(NS(=O)(=O)c3ccc(CCCCCCCCCCCC)cc3)c2)cc1.O=S(=O)([O-])CCCc1c(/C=C2\Sc3ccc(Cl)cc3N2CCCS(=O)(=O)[O-])sc2ccc(Cl)cc12. The third kappa shape index (κ3) is 34.6. The Balaban J connectivity index is 0.000000209. The molecule has 0 saturated heterocycles. The molecule has 132 heavy (non-hydrogen) atoms. The number of unbranched alkanes of at least 4 members (excludes halogenated alkanes) is 18. The molecular weight excluding hydrogens is 1900 g/mol. The molecule has 2 atom stereocenters. The van der Waals surface area contributed by atoms with E-state index in [9.17, 15) is 69.6 Å². The van der Waals surface area contributed by atoms with E-state index in [0.717, 1.165) is 106 Å². The summed E-state index contributed by atoms with van der Waals surface area (Å²) in [6, 6.07) is 49.7. The number of nitrogens with zero attached hydrogens (tertiary/aromatic N) is 2. The molecule has 0 spiro atoms. The van der Waals surface area contributed by atoms with Crippen molar-refractivity contribution in [3.63, 3.8) is 0 Å². The number of furan rings is 1. The van der Waals surface area contributed by atoms with Crippen LogP contribution in [0, 0.1) is 0 Å². The van der Waals surface area contributed by atoms with Crippen molar-refractivity contribution in [1.29, 1.82) is 0 Å². The minimum atomic E-state index is -4.47. The maximum atomic E-state index is 13.1. The number of thioether (sulfide) groups is 1. The first-order valence-corrected chi connectivity index (χ1v) is 56.3. The summed E-state index contributed by atoms with van der Waals surface area (Å²) in [7, 11) is -21.5. The minimum absolute atomic E-state index is 0.0413. The summed E-state index contributed by atoms with van der Waals surface area (Å²) >= 11 is 19.7. The van der Waals surface area contributed by atoms with Crippen molar-refractivity contribution < 1.29 is 87.7 Å². The maximum absolute atomic E-state index is 13.1. The Hall–Kier alpha value is -8.16. The van der Waals surface area contributed by atoms with E-state index in [1.165, 1.54) is 157 Å². The van der Waals surface area contributed by atoms with Gasteiger partial charge in [-0.15, -0.1) is 11.3 Å². The van der Waals surface area contributed by atoms with Crippen LogP contribution in [0.4, 0.5) is 22.7 Å². The van der Waals surface area contributed by atoms with Crippen molar-refractivity contribution in [3.05, 3.63) is 235 Å². The van der Waals surface area contributed by atoms with Crippen LogP contribution < -0.4 is 32.9 Å². The number of hydrogen-bond donors (Lipinski definition) is 3. The predicted octanol–water partition coefficient (Wildman–Crippen LogP) is 24.6. The minimum Gasteiger partial charge on any atom is -0.748 e. The molecule has 12 rings (SSSR count). The van der Waals surface area contributed by atoms with Gasteiger partial charge in [0.05, 0.1) is 79.8 Å². The van der Waals surface area contributed by atoms with Gasteiger partial charge in [-0.05, 0) is 238 Å². The Morgan fingerprint density at radius 3 is 1.75 bits per heavy atom. The van der Waals surface area contributed by atoms with E-state index in [2.05, 4.69) is 23.3 Å². The van der Waals surface area contributed by atoms with E-state index in [0.29, 0.717) is 75.5 Å². The molecule has 3 N–H and O–H groups in total. The molecule has 0 bridgehead atoms. The van der Waals surface area contributed by atoms with Crippen LogP contribution in [0.1, 0.15) is 216 Å². The monoisotopic (exact) mass is 2020 g/mol. The number of aryl methyl sites for hydroxylation is 3. The van der Waals surface area contributed by atoms with E-state index in [4.69, 9.17) is 52.9 Å². The molecular formula is C97H115Cl3N4O20S8-4. The fraction of sp³-hybridized carbons (Fsp3) is 0.402. The number of phenolic OH excluding ortho intramolecular Hbond substituents is 1. The van der Waals surface area contributed by atoms with E-state index >= 15 is 0 Å². The first kappa shape index (κ1) is 106. The number of allylic oxidation sites excluding steroid dienone is 2. The molecule has 8 aromatic carbocycles. The van der Waals surface area contributed by atoms with Gasteiger partial charge in [-0.25, -0.2) is 42.1 Å². The number of fused-ring (bicyclic) bond motifs is 4. The summed E-state index contributed by atoms with van der Waals surface area (Å²) in [5.41, 5.74) is 7.87. The van der Waals surface area contributed by atoms with Crippen LogP contribution in [0.2, 0.25) is 15.1 Å². The number of aromatic hydroxyl groups is 1. The van der Waals surface area contributed by atoms with Gasteiger partial charge in [-0.3, -0.25) is 9.44 Å². The molecule has 0 aliphatic carbocycles. The van der Waals surface area contributed by atoms with Gasteiger partial charge in [0.25, 0.3) is 10.0 Å². The van der Waals surface area contributed by atoms with Gasteiger partial charge >= 0.3 is 11.3 Å². The second-order valence-electron chi connectivity index (χ2n) is 32.7. The van der Waals surface area contributed by atoms with Gasteiger partial charge in [0, 0.05) is 82.2 Å². The predicted molar refractivity (Wildman–Crippen MR) is 533 cm³/mol. The Morgan fingerprint density at radius 1 is 0.553 bits per heavy atom. The summed E-state index contributed by atoms with van der Waals surface area (Å²) in [4.78, 5) is 5.72. The Labute approximate surface area is 804 Å². The molecule has 4 heterocycles. The number of nitrogens with one attached hydrogen (secondary N) is 2. The molecule has 24 nitrogen and oxygen atoms in total. The molecule has 0 fully saturated rings. The van der Waals surface area contributed by atoms with Crippen molar-refractivity contribution in [2.24, 2.45) is 0 Å². The highest BCUT2D eigenvalue weighted by molar-refractivity contribution is 8.04. The average molecular weight is 2020 g/mol. The Kier molecular flexibility index (Phi) is 41.5. The lowest BCUT2D eigenvalue weighted by atomic mass is 10.0. The molecule has 0 saturated carbocycles. The first-order chi connectivity index (χ1) is 63.0. The van der Waals surface area contributed by atoms with E-state index in [1.807, 2.05) is 114 Å². The number of benzene rings is 8. The van der Waals surface area contributed by atoms with Crippen LogP contribution in [0.5, 0.6) is 23.0 Å². The van der Waals surface area contributed by atoms with E-state index in [-0.39, 0.29) is 55.0 Å². The summed E-state index contributed by atoms with van der Waals surface area (Å²) in [6.07, 6.45) is 33.8. The standard InChI is InChI=1S/C42H64N2O6S2.C33H34ClNO8S2.C22H21Cl2NO6S4/c1-3-5-7-9-11-13-15-17-19-21-23-36-24-31-40(32-25-36)52(47,48)44-41-35-37(26-33-42(41)45)43-51(46)50-39-29-27-38(28-30-39)49-34-22-20-18-16-14-12-10-8-6-4-2;1-3-23(18-32-27(10-7-17-44(36,37)38)28-21-26(34)12-14-30(28)42-32)19-33-35(16-15-22(2)45(39,40)41)29-20-25(11-13-31(29)43-33)24-8-5-4-6-9-24;23-14-4-6-19-17(11-14)16(3-1-9-34(26,27)28)21(32-19)13-22-25(8-2-10-35(29,30)31)18-12-15(24)5-7-20(18)33-22/h24-33,35,43-45H,3-23,34H2,1-2H3;4-6,8-9,11-14,18-22H,3,7,10,15-17H2,1-2H3,(H,36,37,38)(H,39,40,41);4-7,11-13H,1-3,8-10H2,(H,26,27,28)(H,29,30,31)/p-4/b;23-18+,33-19-;22-13-. The highest BCUT2D eigenvalue weighted by atomic mass is 35.5. The van der Waals surface area contributed by atoms with Crippen molar-refractivity contribution >= 4 is 176 Å². The maximum Gasteiger partial charge on any atom is 0.316 e. The fourth-order valence-corrected chi connectivity index (χ4v) is 21.6. The number of halogens is 3. The number of hydrogen-bond acceptors (Lipinski definition) is 24. The summed E-state index contributed by atoms with van der Waals surface area (Å²) in [5, 5.41) is 13.3. The average Bonchev–Trinajstić information content (AvgIpc) is 1.63. The van der Waals surface area contributed by atoms with Crippen LogP contribution in [0.15, 0.2) is 207 Å². The highest BCUT2D eigenvalue weighted by Gasteiger charge is 2.31.